The summed E-state index contributed by atoms with van der Waals surface area (Å²) in [7, 11) is 0. The van der Waals surface area contributed by atoms with Gasteiger partial charge in [0.2, 0.25) is 0 Å². The van der Waals surface area contributed by atoms with Crippen LogP contribution in [0.2, 0.25) is 5.02 Å². The van der Waals surface area contributed by atoms with Crippen molar-refractivity contribution in [3.8, 4) is 17.6 Å². The van der Waals surface area contributed by atoms with Crippen molar-refractivity contribution in [1.29, 1.82) is 5.26 Å². The van der Waals surface area contributed by atoms with Gasteiger partial charge in [-0.05, 0) is 36.8 Å². The van der Waals surface area contributed by atoms with Crippen LogP contribution in [0, 0.1) is 11.3 Å². The SMILES string of the molecule is CCOc1cc(/C=N\NC(=O)CC#N)ccc1OC(=O)c1sc2ccccc2c1Cl. The number of hydrazone groups is 1. The molecule has 9 heteroatoms. The Morgan fingerprint density at radius 3 is 2.80 bits per heavy atom. The number of nitrogens with zero attached hydrogens (tertiary/aromatic N) is 2. The molecule has 0 spiro atoms. The van der Waals surface area contributed by atoms with E-state index < -0.39 is 11.9 Å². The average Bonchev–Trinajstić information content (AvgIpc) is 3.07. The molecule has 3 rings (SSSR count). The highest BCUT2D eigenvalue weighted by Crippen LogP contribution is 2.37. The molecular formula is C21H16ClN3O4S. The first-order valence-corrected chi connectivity index (χ1v) is 10.1. The van der Waals surface area contributed by atoms with Crippen LogP contribution in [0.15, 0.2) is 47.6 Å². The van der Waals surface area contributed by atoms with Crippen molar-refractivity contribution in [3.63, 3.8) is 0 Å². The molecular weight excluding hydrogens is 426 g/mol. The molecule has 7 nitrogen and oxygen atoms in total. The summed E-state index contributed by atoms with van der Waals surface area (Å²) in [6.45, 7) is 2.16. The van der Waals surface area contributed by atoms with Gasteiger partial charge in [-0.25, -0.2) is 10.2 Å². The number of benzene rings is 2. The second-order valence-corrected chi connectivity index (χ2v) is 7.33. The third-order valence-corrected chi connectivity index (χ3v) is 5.49. The Kier molecular flexibility index (Phi) is 7.01. The summed E-state index contributed by atoms with van der Waals surface area (Å²) >= 11 is 7.62. The lowest BCUT2D eigenvalue weighted by Crippen LogP contribution is -2.16. The first-order chi connectivity index (χ1) is 14.5. The standard InChI is InChI=1S/C21H16ClN3O4S/c1-2-28-16-11-13(12-24-25-18(26)9-10-23)7-8-15(16)29-21(27)20-19(22)14-5-3-4-6-17(14)30-20/h3-8,11-12H,2,9H2,1H3,(H,25,26)/b24-12-. The van der Waals surface area contributed by atoms with Gasteiger partial charge in [0.15, 0.2) is 11.5 Å². The minimum Gasteiger partial charge on any atom is -0.490 e. The minimum absolute atomic E-state index is 0.237. The Balaban J connectivity index is 1.80. The fourth-order valence-electron chi connectivity index (χ4n) is 2.54. The van der Waals surface area contributed by atoms with Gasteiger partial charge in [-0.3, -0.25) is 4.79 Å². The highest BCUT2D eigenvalue weighted by Gasteiger charge is 2.20. The van der Waals surface area contributed by atoms with Crippen LogP contribution in [0.25, 0.3) is 10.1 Å². The van der Waals surface area contributed by atoms with Crippen LogP contribution >= 0.6 is 22.9 Å². The van der Waals surface area contributed by atoms with Gasteiger partial charge in [0.1, 0.15) is 11.3 Å². The maximum absolute atomic E-state index is 12.7. The Morgan fingerprint density at radius 1 is 1.27 bits per heavy atom. The van der Waals surface area contributed by atoms with Crippen LogP contribution in [0.3, 0.4) is 0 Å². The molecule has 0 aliphatic heterocycles. The fraction of sp³-hybridized carbons (Fsp3) is 0.143. The topological polar surface area (TPSA) is 101 Å². The number of carbonyl (C=O) groups excluding carboxylic acids is 2. The number of carbonyl (C=O) groups is 2. The van der Waals surface area contributed by atoms with Crippen molar-refractivity contribution in [2.45, 2.75) is 13.3 Å². The zero-order valence-electron chi connectivity index (χ0n) is 15.8. The van der Waals surface area contributed by atoms with E-state index in [2.05, 4.69) is 10.5 Å². The molecule has 0 aliphatic rings. The number of amides is 1. The normalized spacial score (nSPS) is 10.7. The van der Waals surface area contributed by atoms with Gasteiger partial charge in [-0.15, -0.1) is 11.3 Å². The van der Waals surface area contributed by atoms with Crippen molar-refractivity contribution >= 4 is 51.1 Å². The molecule has 0 radical (unpaired) electrons. The van der Waals surface area contributed by atoms with E-state index in [1.165, 1.54) is 17.6 Å². The van der Waals surface area contributed by atoms with E-state index in [0.717, 1.165) is 10.1 Å². The number of halogens is 1. The van der Waals surface area contributed by atoms with E-state index in [-0.39, 0.29) is 12.2 Å². The number of hydrogen-bond acceptors (Lipinski definition) is 7. The molecule has 1 heterocycles. The molecule has 0 aliphatic carbocycles. The Bertz CT molecular complexity index is 1170. The molecule has 2 aromatic carbocycles. The van der Waals surface area contributed by atoms with Crippen LogP contribution in [0.5, 0.6) is 11.5 Å². The first-order valence-electron chi connectivity index (χ1n) is 8.88. The van der Waals surface area contributed by atoms with Crippen LogP contribution in [-0.4, -0.2) is 24.7 Å². The number of ether oxygens (including phenoxy) is 2. The molecule has 3 aromatic rings. The van der Waals surface area contributed by atoms with Crippen LogP contribution < -0.4 is 14.9 Å². The Morgan fingerprint density at radius 2 is 2.07 bits per heavy atom. The zero-order chi connectivity index (χ0) is 21.5. The van der Waals surface area contributed by atoms with Gasteiger partial charge in [-0.2, -0.15) is 10.4 Å². The monoisotopic (exact) mass is 441 g/mol. The third-order valence-electron chi connectivity index (χ3n) is 3.83. The van der Waals surface area contributed by atoms with Crippen molar-refractivity contribution in [2.24, 2.45) is 5.10 Å². The van der Waals surface area contributed by atoms with E-state index >= 15 is 0 Å². The number of esters is 1. The maximum Gasteiger partial charge on any atom is 0.355 e. The quantitative estimate of drug-likeness (QED) is 0.251. The predicted molar refractivity (Wildman–Crippen MR) is 115 cm³/mol. The molecule has 1 N–H and O–H groups in total. The summed E-state index contributed by atoms with van der Waals surface area (Å²) in [5.41, 5.74) is 2.85. The Labute approximate surface area is 181 Å². The number of nitrogens with one attached hydrogen (secondary N) is 1. The minimum atomic E-state index is -0.577. The van der Waals surface area contributed by atoms with Gasteiger partial charge in [-0.1, -0.05) is 29.8 Å². The smallest absolute Gasteiger partial charge is 0.355 e. The lowest BCUT2D eigenvalue weighted by molar-refractivity contribution is -0.120. The van der Waals surface area contributed by atoms with E-state index in [1.54, 1.807) is 31.2 Å². The molecule has 0 bridgehead atoms. The Hall–Kier alpha value is -3.41. The summed E-state index contributed by atoms with van der Waals surface area (Å²) in [5, 5.41) is 13.4. The summed E-state index contributed by atoms with van der Waals surface area (Å²) in [6, 6.07) is 14.0. The fourth-order valence-corrected chi connectivity index (χ4v) is 3.92. The molecule has 30 heavy (non-hydrogen) atoms. The summed E-state index contributed by atoms with van der Waals surface area (Å²) in [5.74, 6) is -0.506. The second kappa shape index (κ2) is 9.87. The number of thiophene rings is 1. The highest BCUT2D eigenvalue weighted by atomic mass is 35.5. The lowest BCUT2D eigenvalue weighted by Gasteiger charge is -2.11. The van der Waals surface area contributed by atoms with Gasteiger partial charge < -0.3 is 9.47 Å². The van der Waals surface area contributed by atoms with Crippen molar-refractivity contribution in [3.05, 3.63) is 57.9 Å². The molecule has 0 fully saturated rings. The van der Waals surface area contributed by atoms with E-state index in [9.17, 15) is 9.59 Å². The lowest BCUT2D eigenvalue weighted by atomic mass is 10.2. The van der Waals surface area contributed by atoms with Crippen molar-refractivity contribution in [1.82, 2.24) is 5.43 Å². The average molecular weight is 442 g/mol. The van der Waals surface area contributed by atoms with Gasteiger partial charge >= 0.3 is 5.97 Å². The van der Waals surface area contributed by atoms with E-state index in [1.807, 2.05) is 24.3 Å². The van der Waals surface area contributed by atoms with Crippen LogP contribution in [0.1, 0.15) is 28.6 Å². The predicted octanol–water partition coefficient (Wildman–Crippen LogP) is 4.54. The molecule has 1 aromatic heterocycles. The van der Waals surface area contributed by atoms with Crippen LogP contribution in [0.4, 0.5) is 0 Å². The highest BCUT2D eigenvalue weighted by molar-refractivity contribution is 7.21. The second-order valence-electron chi connectivity index (χ2n) is 5.90. The summed E-state index contributed by atoms with van der Waals surface area (Å²) in [4.78, 5) is 24.3. The van der Waals surface area contributed by atoms with Gasteiger partial charge in [0.25, 0.3) is 5.91 Å². The van der Waals surface area contributed by atoms with Crippen molar-refractivity contribution in [2.75, 3.05) is 6.61 Å². The van der Waals surface area contributed by atoms with Gasteiger partial charge in [0, 0.05) is 10.1 Å². The van der Waals surface area contributed by atoms with Gasteiger partial charge in [0.05, 0.1) is 23.9 Å². The molecule has 0 saturated heterocycles. The van der Waals surface area contributed by atoms with E-state index in [4.69, 9.17) is 26.3 Å². The number of hydrogen-bond donors (Lipinski definition) is 1. The zero-order valence-corrected chi connectivity index (χ0v) is 17.4. The largest absolute Gasteiger partial charge is 0.490 e. The van der Waals surface area contributed by atoms with Crippen molar-refractivity contribution < 1.29 is 19.1 Å². The first kappa shape index (κ1) is 21.3. The molecule has 0 unspecified atom stereocenters. The molecule has 1 amide bonds. The summed E-state index contributed by atoms with van der Waals surface area (Å²) in [6.07, 6.45) is 1.11. The number of fused-ring (bicyclic) bond motifs is 1. The van der Waals surface area contributed by atoms with Crippen LogP contribution in [-0.2, 0) is 4.79 Å². The third kappa shape index (κ3) is 4.95. The van der Waals surface area contributed by atoms with E-state index in [0.29, 0.717) is 27.8 Å². The molecule has 152 valence electrons. The molecule has 0 atom stereocenters. The summed E-state index contributed by atoms with van der Waals surface area (Å²) < 4.78 is 12.0. The maximum atomic E-state index is 12.7. The number of nitriles is 1. The molecule has 0 saturated carbocycles. The number of rotatable bonds is 7.